The lowest BCUT2D eigenvalue weighted by Gasteiger charge is -2.24. The highest BCUT2D eigenvalue weighted by atomic mass is 19.1. The molecule has 3 aromatic rings. The van der Waals surface area contributed by atoms with Crippen LogP contribution >= 0.6 is 0 Å². The van der Waals surface area contributed by atoms with Gasteiger partial charge in [0.05, 0.1) is 30.8 Å². The molecule has 2 aromatic carbocycles. The van der Waals surface area contributed by atoms with Crippen LogP contribution in [-0.2, 0) is 11.2 Å². The first kappa shape index (κ1) is 22.4. The van der Waals surface area contributed by atoms with Crippen LogP contribution in [0.1, 0.15) is 46.3 Å². The summed E-state index contributed by atoms with van der Waals surface area (Å²) in [7, 11) is 1.60. The summed E-state index contributed by atoms with van der Waals surface area (Å²) in [6.45, 7) is 2.38. The van der Waals surface area contributed by atoms with Crippen molar-refractivity contribution in [3.05, 3.63) is 83.2 Å². The average molecular weight is 448 g/mol. The van der Waals surface area contributed by atoms with E-state index in [1.165, 1.54) is 30.5 Å². The molecule has 1 aliphatic rings. The van der Waals surface area contributed by atoms with Crippen LogP contribution in [0.25, 0.3) is 0 Å². The summed E-state index contributed by atoms with van der Waals surface area (Å²) >= 11 is 0. The molecule has 0 unspecified atom stereocenters. The Morgan fingerprint density at radius 1 is 1.21 bits per heavy atom. The maximum absolute atomic E-state index is 13.1. The van der Waals surface area contributed by atoms with Gasteiger partial charge in [-0.2, -0.15) is 0 Å². The molecule has 0 aliphatic carbocycles. The summed E-state index contributed by atoms with van der Waals surface area (Å²) in [6.07, 6.45) is 3.39. The minimum atomic E-state index is -0.376. The predicted octanol–water partition coefficient (Wildman–Crippen LogP) is 4.09. The third-order valence-corrected chi connectivity index (χ3v) is 5.71. The maximum atomic E-state index is 13.1. The van der Waals surface area contributed by atoms with E-state index in [0.29, 0.717) is 35.1 Å². The molecule has 1 atom stereocenters. The summed E-state index contributed by atoms with van der Waals surface area (Å²) in [5, 5.41) is 2.72. The lowest BCUT2D eigenvalue weighted by atomic mass is 10.1. The zero-order valence-corrected chi connectivity index (χ0v) is 18.5. The number of anilines is 1. The van der Waals surface area contributed by atoms with Gasteiger partial charge in [-0.1, -0.05) is 12.1 Å². The molecule has 2 amide bonds. The third kappa shape index (κ3) is 5.16. The Balaban J connectivity index is 1.47. The standard InChI is InChI=1S/C25H25FN4O3/c1-16-21(25(32)29-19-10-8-18(26)9-11-19)15-27-24(28-16)22-7-4-12-30(22)23(31)14-17-5-3-6-20(13-17)33-2/h3,5-6,8-11,13,15,22H,4,7,12,14H2,1-2H3,(H,29,32)/t22-/m1/s1. The summed E-state index contributed by atoms with van der Waals surface area (Å²) in [5.41, 5.74) is 2.21. The molecule has 0 bridgehead atoms. The smallest absolute Gasteiger partial charge is 0.259 e. The zero-order valence-electron chi connectivity index (χ0n) is 18.5. The van der Waals surface area contributed by atoms with E-state index in [1.807, 2.05) is 29.2 Å². The van der Waals surface area contributed by atoms with Crippen LogP contribution in [0, 0.1) is 12.7 Å². The molecule has 1 aliphatic heterocycles. The van der Waals surface area contributed by atoms with Crippen molar-refractivity contribution in [1.82, 2.24) is 14.9 Å². The number of likely N-dealkylation sites (tertiary alicyclic amines) is 1. The van der Waals surface area contributed by atoms with Crippen molar-refractivity contribution in [2.24, 2.45) is 0 Å². The third-order valence-electron chi connectivity index (χ3n) is 5.71. The Kier molecular flexibility index (Phi) is 6.63. The number of ether oxygens (including phenoxy) is 1. The van der Waals surface area contributed by atoms with Crippen molar-refractivity contribution >= 4 is 17.5 Å². The minimum Gasteiger partial charge on any atom is -0.497 e. The molecule has 170 valence electrons. The number of amides is 2. The lowest BCUT2D eigenvalue weighted by Crippen LogP contribution is -2.33. The Labute approximate surface area is 191 Å². The fraction of sp³-hybridized carbons (Fsp3) is 0.280. The highest BCUT2D eigenvalue weighted by Gasteiger charge is 2.32. The van der Waals surface area contributed by atoms with Gasteiger partial charge in [0, 0.05) is 18.4 Å². The number of halogens is 1. The van der Waals surface area contributed by atoms with Crippen molar-refractivity contribution in [2.75, 3.05) is 19.0 Å². The quantitative estimate of drug-likeness (QED) is 0.614. The molecule has 33 heavy (non-hydrogen) atoms. The Bertz CT molecular complexity index is 1170. The van der Waals surface area contributed by atoms with Gasteiger partial charge in [-0.15, -0.1) is 0 Å². The number of hydrogen-bond acceptors (Lipinski definition) is 5. The summed E-state index contributed by atoms with van der Waals surface area (Å²) < 4.78 is 18.3. The fourth-order valence-corrected chi connectivity index (χ4v) is 3.99. The summed E-state index contributed by atoms with van der Waals surface area (Å²) in [6, 6.07) is 12.8. The van der Waals surface area contributed by atoms with Gasteiger partial charge < -0.3 is 15.0 Å². The molecule has 7 nitrogen and oxygen atoms in total. The van der Waals surface area contributed by atoms with E-state index in [2.05, 4.69) is 15.3 Å². The van der Waals surface area contributed by atoms with Gasteiger partial charge in [-0.3, -0.25) is 9.59 Å². The first-order valence-electron chi connectivity index (χ1n) is 10.8. The van der Waals surface area contributed by atoms with Crippen LogP contribution in [0.4, 0.5) is 10.1 Å². The topological polar surface area (TPSA) is 84.4 Å². The number of aryl methyl sites for hydroxylation is 1. The van der Waals surface area contributed by atoms with Gasteiger partial charge in [-0.25, -0.2) is 14.4 Å². The number of rotatable bonds is 6. The van der Waals surface area contributed by atoms with Crippen LogP contribution < -0.4 is 10.1 Å². The number of carbonyl (C=O) groups is 2. The highest BCUT2D eigenvalue weighted by molar-refractivity contribution is 6.04. The Hall–Kier alpha value is -3.81. The molecular formula is C25H25FN4O3. The van der Waals surface area contributed by atoms with Gasteiger partial charge in [0.25, 0.3) is 5.91 Å². The molecule has 2 heterocycles. The molecule has 4 rings (SSSR count). The van der Waals surface area contributed by atoms with Gasteiger partial charge in [0.15, 0.2) is 5.82 Å². The van der Waals surface area contributed by atoms with Gasteiger partial charge in [0.2, 0.25) is 5.91 Å². The second-order valence-corrected chi connectivity index (χ2v) is 7.96. The molecule has 8 heteroatoms. The molecule has 1 N–H and O–H groups in total. The Morgan fingerprint density at radius 3 is 2.73 bits per heavy atom. The first-order valence-corrected chi connectivity index (χ1v) is 10.8. The van der Waals surface area contributed by atoms with Crippen molar-refractivity contribution in [1.29, 1.82) is 0 Å². The summed E-state index contributed by atoms with van der Waals surface area (Å²) in [4.78, 5) is 36.4. The normalized spacial score (nSPS) is 15.4. The molecule has 0 spiro atoms. The average Bonchev–Trinajstić information content (AvgIpc) is 3.31. The second kappa shape index (κ2) is 9.77. The second-order valence-electron chi connectivity index (χ2n) is 7.96. The van der Waals surface area contributed by atoms with E-state index >= 15 is 0 Å². The summed E-state index contributed by atoms with van der Waals surface area (Å²) in [5.74, 6) is 0.501. The van der Waals surface area contributed by atoms with Crippen LogP contribution in [-0.4, -0.2) is 40.3 Å². The van der Waals surface area contributed by atoms with Gasteiger partial charge >= 0.3 is 0 Å². The highest BCUT2D eigenvalue weighted by Crippen LogP contribution is 2.31. The number of aromatic nitrogens is 2. The zero-order chi connectivity index (χ0) is 23.4. The van der Waals surface area contributed by atoms with E-state index in [4.69, 9.17) is 4.74 Å². The van der Waals surface area contributed by atoms with Gasteiger partial charge in [-0.05, 0) is 61.7 Å². The van der Waals surface area contributed by atoms with Crippen LogP contribution in [0.3, 0.4) is 0 Å². The molecule has 1 fully saturated rings. The van der Waals surface area contributed by atoms with Crippen LogP contribution in [0.2, 0.25) is 0 Å². The number of nitrogens with one attached hydrogen (secondary N) is 1. The molecule has 1 aromatic heterocycles. The molecule has 0 radical (unpaired) electrons. The lowest BCUT2D eigenvalue weighted by molar-refractivity contribution is -0.131. The van der Waals surface area contributed by atoms with Gasteiger partial charge in [0.1, 0.15) is 11.6 Å². The van der Waals surface area contributed by atoms with E-state index in [1.54, 1.807) is 14.0 Å². The van der Waals surface area contributed by atoms with Crippen molar-refractivity contribution < 1.29 is 18.7 Å². The number of hydrogen-bond donors (Lipinski definition) is 1. The van der Waals surface area contributed by atoms with Crippen LogP contribution in [0.5, 0.6) is 5.75 Å². The van der Waals surface area contributed by atoms with E-state index in [9.17, 15) is 14.0 Å². The van der Waals surface area contributed by atoms with E-state index in [-0.39, 0.29) is 30.1 Å². The number of benzene rings is 2. The first-order chi connectivity index (χ1) is 15.9. The monoisotopic (exact) mass is 448 g/mol. The predicted molar refractivity (Wildman–Crippen MR) is 122 cm³/mol. The van der Waals surface area contributed by atoms with Crippen LogP contribution in [0.15, 0.2) is 54.7 Å². The maximum Gasteiger partial charge on any atom is 0.259 e. The minimum absolute atomic E-state index is 0.00476. The number of carbonyl (C=O) groups excluding carboxylic acids is 2. The fourth-order valence-electron chi connectivity index (χ4n) is 3.99. The molecular weight excluding hydrogens is 423 g/mol. The number of methoxy groups -OCH3 is 1. The Morgan fingerprint density at radius 2 is 2.00 bits per heavy atom. The van der Waals surface area contributed by atoms with E-state index in [0.717, 1.165) is 18.4 Å². The molecule has 0 saturated carbocycles. The molecule has 1 saturated heterocycles. The number of nitrogens with zero attached hydrogens (tertiary/aromatic N) is 3. The van der Waals surface area contributed by atoms with Crippen molar-refractivity contribution in [3.63, 3.8) is 0 Å². The largest absolute Gasteiger partial charge is 0.497 e. The van der Waals surface area contributed by atoms with Crippen molar-refractivity contribution in [3.8, 4) is 5.75 Å². The van der Waals surface area contributed by atoms with Crippen molar-refractivity contribution in [2.45, 2.75) is 32.2 Å². The van der Waals surface area contributed by atoms with E-state index < -0.39 is 0 Å². The SMILES string of the molecule is COc1cccc(CC(=O)N2CCC[C@@H]2c2ncc(C(=O)Nc3ccc(F)cc3)c(C)n2)c1.